The Hall–Kier alpha value is -1.35. The molecule has 0 fully saturated rings. The molecular formula is C13H18O3. The number of aliphatic hydroxyl groups excluding tert-OH is 1. The van der Waals surface area contributed by atoms with Crippen LogP contribution in [0.3, 0.4) is 0 Å². The van der Waals surface area contributed by atoms with Crippen molar-refractivity contribution in [1.82, 2.24) is 0 Å². The molecule has 1 aromatic carbocycles. The number of benzene rings is 1. The molecule has 2 atom stereocenters. The highest BCUT2D eigenvalue weighted by atomic mass is 16.4. The van der Waals surface area contributed by atoms with Crippen LogP contribution >= 0.6 is 0 Å². The van der Waals surface area contributed by atoms with E-state index in [0.29, 0.717) is 0 Å². The molecule has 0 bridgehead atoms. The Bertz CT molecular complexity index is 357. The normalized spacial score (nSPS) is 15.5. The van der Waals surface area contributed by atoms with Gasteiger partial charge in [-0.2, -0.15) is 0 Å². The second-order valence-corrected chi connectivity index (χ2v) is 4.69. The Labute approximate surface area is 95.7 Å². The third-order valence-corrected chi connectivity index (χ3v) is 3.35. The first-order valence-electron chi connectivity index (χ1n) is 5.33. The first kappa shape index (κ1) is 12.7. The zero-order valence-corrected chi connectivity index (χ0v) is 9.84. The van der Waals surface area contributed by atoms with Crippen molar-refractivity contribution in [2.24, 2.45) is 5.41 Å². The smallest absolute Gasteiger partial charge is 0.333 e. The van der Waals surface area contributed by atoms with Gasteiger partial charge in [-0.05, 0) is 11.5 Å². The molecule has 0 saturated heterocycles. The number of carboxylic acid groups (broad SMARTS) is 1. The van der Waals surface area contributed by atoms with E-state index in [2.05, 4.69) is 0 Å². The average molecular weight is 222 g/mol. The lowest BCUT2D eigenvalue weighted by atomic mass is 9.72. The summed E-state index contributed by atoms with van der Waals surface area (Å²) < 4.78 is 0. The summed E-state index contributed by atoms with van der Waals surface area (Å²) in [7, 11) is 0. The van der Waals surface area contributed by atoms with Gasteiger partial charge < -0.3 is 10.2 Å². The lowest BCUT2D eigenvalue weighted by Gasteiger charge is -2.34. The molecule has 2 unspecified atom stereocenters. The van der Waals surface area contributed by atoms with Crippen molar-refractivity contribution in [1.29, 1.82) is 0 Å². The highest BCUT2D eigenvalue weighted by molar-refractivity contribution is 5.73. The van der Waals surface area contributed by atoms with Gasteiger partial charge in [-0.25, -0.2) is 4.79 Å². The van der Waals surface area contributed by atoms with Crippen LogP contribution in [0.25, 0.3) is 0 Å². The molecule has 0 saturated carbocycles. The van der Waals surface area contributed by atoms with Gasteiger partial charge in [0, 0.05) is 5.41 Å². The molecule has 88 valence electrons. The summed E-state index contributed by atoms with van der Waals surface area (Å²) in [6.07, 6.45) is -1.36. The fourth-order valence-electron chi connectivity index (χ4n) is 1.73. The summed E-state index contributed by atoms with van der Waals surface area (Å²) in [6.45, 7) is 5.47. The molecular weight excluding hydrogens is 204 g/mol. The number of aliphatic carboxylic acids is 1. The van der Waals surface area contributed by atoms with E-state index in [1.54, 1.807) is 13.8 Å². The number of carbonyl (C=O) groups is 1. The van der Waals surface area contributed by atoms with E-state index >= 15 is 0 Å². The van der Waals surface area contributed by atoms with Crippen LogP contribution in [0.15, 0.2) is 30.3 Å². The molecule has 0 spiro atoms. The molecule has 0 heterocycles. The molecule has 0 aliphatic rings. The highest BCUT2D eigenvalue weighted by Gasteiger charge is 2.38. The van der Waals surface area contributed by atoms with E-state index in [0.717, 1.165) is 5.56 Å². The number of hydrogen-bond acceptors (Lipinski definition) is 2. The third-order valence-electron chi connectivity index (χ3n) is 3.35. The van der Waals surface area contributed by atoms with Crippen LogP contribution in [0.2, 0.25) is 0 Å². The van der Waals surface area contributed by atoms with E-state index in [4.69, 9.17) is 5.11 Å². The van der Waals surface area contributed by atoms with Crippen molar-refractivity contribution in [2.75, 3.05) is 0 Å². The zero-order chi connectivity index (χ0) is 12.3. The Balaban J connectivity index is 2.96. The predicted octanol–water partition coefficient (Wildman–Crippen LogP) is 2.26. The quantitative estimate of drug-likeness (QED) is 0.821. The molecule has 3 nitrogen and oxygen atoms in total. The first-order valence-corrected chi connectivity index (χ1v) is 5.33. The van der Waals surface area contributed by atoms with Crippen LogP contribution in [0, 0.1) is 5.41 Å². The summed E-state index contributed by atoms with van der Waals surface area (Å²) in [6, 6.07) is 9.63. The molecule has 0 aliphatic carbocycles. The van der Waals surface area contributed by atoms with Crippen LogP contribution in [0.4, 0.5) is 0 Å². The number of carboxylic acids is 1. The topological polar surface area (TPSA) is 57.5 Å². The Morgan fingerprint density at radius 3 is 2.19 bits per heavy atom. The summed E-state index contributed by atoms with van der Waals surface area (Å²) in [5.74, 6) is -1.20. The van der Waals surface area contributed by atoms with Gasteiger partial charge >= 0.3 is 5.97 Å². The van der Waals surface area contributed by atoms with Gasteiger partial charge in [0.05, 0.1) is 0 Å². The minimum absolute atomic E-state index is 0.0280. The standard InChI is InChI=1S/C13H18O3/c1-9(10-7-5-4-6-8-10)13(2,3)11(14)12(15)16/h4-9,11,14H,1-3H3,(H,15,16). The van der Waals surface area contributed by atoms with Gasteiger partial charge in [-0.1, -0.05) is 51.1 Å². The van der Waals surface area contributed by atoms with Crippen molar-refractivity contribution in [2.45, 2.75) is 32.8 Å². The summed E-state index contributed by atoms with van der Waals surface area (Å²) in [5.41, 5.74) is 0.334. The molecule has 3 heteroatoms. The lowest BCUT2D eigenvalue weighted by Crippen LogP contribution is -2.40. The van der Waals surface area contributed by atoms with Crippen LogP contribution in [-0.4, -0.2) is 22.3 Å². The Kier molecular flexibility index (Phi) is 3.70. The van der Waals surface area contributed by atoms with Crippen molar-refractivity contribution in [3.63, 3.8) is 0 Å². The van der Waals surface area contributed by atoms with Gasteiger partial charge in [-0.15, -0.1) is 0 Å². The van der Waals surface area contributed by atoms with Crippen molar-refractivity contribution in [3.8, 4) is 0 Å². The molecule has 1 rings (SSSR count). The van der Waals surface area contributed by atoms with Crippen molar-refractivity contribution in [3.05, 3.63) is 35.9 Å². The largest absolute Gasteiger partial charge is 0.479 e. The maximum absolute atomic E-state index is 10.8. The number of aliphatic hydroxyl groups is 1. The molecule has 0 aliphatic heterocycles. The van der Waals surface area contributed by atoms with Gasteiger partial charge in [0.25, 0.3) is 0 Å². The van der Waals surface area contributed by atoms with E-state index in [1.807, 2.05) is 37.3 Å². The lowest BCUT2D eigenvalue weighted by molar-refractivity contribution is -0.154. The minimum Gasteiger partial charge on any atom is -0.479 e. The van der Waals surface area contributed by atoms with Gasteiger partial charge in [0.15, 0.2) is 6.10 Å². The fourth-order valence-corrected chi connectivity index (χ4v) is 1.73. The predicted molar refractivity (Wildman–Crippen MR) is 62.3 cm³/mol. The van der Waals surface area contributed by atoms with E-state index in [1.165, 1.54) is 0 Å². The van der Waals surface area contributed by atoms with Gasteiger partial charge in [0.1, 0.15) is 0 Å². The van der Waals surface area contributed by atoms with Crippen LogP contribution in [-0.2, 0) is 4.79 Å². The summed E-state index contributed by atoms with van der Waals surface area (Å²) in [4.78, 5) is 10.8. The molecule has 2 N–H and O–H groups in total. The van der Waals surface area contributed by atoms with E-state index in [-0.39, 0.29) is 5.92 Å². The molecule has 16 heavy (non-hydrogen) atoms. The van der Waals surface area contributed by atoms with E-state index < -0.39 is 17.5 Å². The Morgan fingerprint density at radius 2 is 1.75 bits per heavy atom. The van der Waals surface area contributed by atoms with Gasteiger partial charge in [-0.3, -0.25) is 0 Å². The van der Waals surface area contributed by atoms with Crippen molar-refractivity contribution < 1.29 is 15.0 Å². The third kappa shape index (κ3) is 2.42. The SMILES string of the molecule is CC(c1ccccc1)C(C)(C)C(O)C(=O)O. The van der Waals surface area contributed by atoms with E-state index in [9.17, 15) is 9.90 Å². The summed E-state index contributed by atoms with van der Waals surface area (Å²) in [5, 5.41) is 18.5. The molecule has 0 amide bonds. The second-order valence-electron chi connectivity index (χ2n) is 4.69. The maximum atomic E-state index is 10.8. The molecule has 0 radical (unpaired) electrons. The monoisotopic (exact) mass is 222 g/mol. The minimum atomic E-state index is -1.36. The van der Waals surface area contributed by atoms with Crippen LogP contribution in [0.5, 0.6) is 0 Å². The average Bonchev–Trinajstić information content (AvgIpc) is 2.28. The number of hydrogen-bond donors (Lipinski definition) is 2. The van der Waals surface area contributed by atoms with Crippen molar-refractivity contribution >= 4 is 5.97 Å². The molecule has 0 aromatic heterocycles. The summed E-state index contributed by atoms with van der Waals surface area (Å²) >= 11 is 0. The van der Waals surface area contributed by atoms with Gasteiger partial charge in [0.2, 0.25) is 0 Å². The highest BCUT2D eigenvalue weighted by Crippen LogP contribution is 2.38. The zero-order valence-electron chi connectivity index (χ0n) is 9.84. The molecule has 1 aromatic rings. The van der Waals surface area contributed by atoms with Crippen LogP contribution < -0.4 is 0 Å². The van der Waals surface area contributed by atoms with Crippen LogP contribution in [0.1, 0.15) is 32.3 Å². The maximum Gasteiger partial charge on any atom is 0.333 e. The number of rotatable bonds is 4. The second kappa shape index (κ2) is 4.66. The Morgan fingerprint density at radius 1 is 1.25 bits per heavy atom. The fraction of sp³-hybridized carbons (Fsp3) is 0.462. The first-order chi connectivity index (χ1) is 7.37.